The first-order valence-electron chi connectivity index (χ1n) is 6.01. The van der Waals surface area contributed by atoms with Crippen LogP contribution < -0.4 is 0 Å². The first kappa shape index (κ1) is 11.7. The Balaban J connectivity index is 1.85. The monoisotopic (exact) mass is 264 g/mol. The number of hydrogen-bond acceptors (Lipinski definition) is 3. The van der Waals surface area contributed by atoms with Gasteiger partial charge in [0.25, 0.3) is 0 Å². The zero-order valence-electron chi connectivity index (χ0n) is 9.80. The molecular weight excluding hydrogens is 251 g/mol. The summed E-state index contributed by atoms with van der Waals surface area (Å²) in [7, 11) is 0. The van der Waals surface area contributed by atoms with E-state index in [-0.39, 0.29) is 17.0 Å². The van der Waals surface area contributed by atoms with Gasteiger partial charge in [0, 0.05) is 24.8 Å². The van der Waals surface area contributed by atoms with Gasteiger partial charge in [-0.25, -0.2) is 4.39 Å². The molecular formula is C13H13FN2OS. The number of aliphatic imine (C=N–C) groups is 1. The molecule has 0 aliphatic carbocycles. The highest BCUT2D eigenvalue weighted by molar-refractivity contribution is 8.14. The van der Waals surface area contributed by atoms with Crippen molar-refractivity contribution in [1.29, 1.82) is 0 Å². The van der Waals surface area contributed by atoms with Crippen molar-refractivity contribution in [1.82, 2.24) is 4.90 Å². The Labute approximate surface area is 109 Å². The molecule has 0 radical (unpaired) electrons. The molecule has 0 spiro atoms. The summed E-state index contributed by atoms with van der Waals surface area (Å²) in [5.41, 5.74) is 0.989. The van der Waals surface area contributed by atoms with Crippen LogP contribution >= 0.6 is 11.8 Å². The van der Waals surface area contributed by atoms with Gasteiger partial charge in [-0.05, 0) is 24.1 Å². The molecule has 2 heterocycles. The molecule has 2 aliphatic rings. The van der Waals surface area contributed by atoms with E-state index in [2.05, 4.69) is 4.99 Å². The van der Waals surface area contributed by atoms with E-state index >= 15 is 0 Å². The minimum absolute atomic E-state index is 0.0613. The van der Waals surface area contributed by atoms with Crippen molar-refractivity contribution in [2.45, 2.75) is 18.1 Å². The highest BCUT2D eigenvalue weighted by atomic mass is 32.2. The summed E-state index contributed by atoms with van der Waals surface area (Å²) in [6, 6.07) is 6.38. The average Bonchev–Trinajstić information content (AvgIpc) is 2.39. The zero-order chi connectivity index (χ0) is 12.5. The van der Waals surface area contributed by atoms with Crippen LogP contribution in [0.3, 0.4) is 0 Å². The highest BCUT2D eigenvalue weighted by Crippen LogP contribution is 2.39. The molecule has 94 valence electrons. The molecule has 3 rings (SSSR count). The molecule has 0 unspecified atom stereocenters. The van der Waals surface area contributed by atoms with Crippen LogP contribution in [-0.2, 0) is 4.79 Å². The van der Waals surface area contributed by atoms with E-state index in [4.69, 9.17) is 0 Å². The van der Waals surface area contributed by atoms with Gasteiger partial charge in [0.1, 0.15) is 5.82 Å². The van der Waals surface area contributed by atoms with E-state index in [1.54, 1.807) is 28.8 Å². The van der Waals surface area contributed by atoms with Crippen LogP contribution in [0.2, 0.25) is 0 Å². The normalized spacial score (nSPS) is 23.6. The van der Waals surface area contributed by atoms with Gasteiger partial charge in [-0.3, -0.25) is 14.7 Å². The van der Waals surface area contributed by atoms with Crippen molar-refractivity contribution in [3.05, 3.63) is 35.6 Å². The number of carbonyl (C=O) groups is 1. The van der Waals surface area contributed by atoms with Crippen LogP contribution in [0.15, 0.2) is 29.3 Å². The summed E-state index contributed by atoms with van der Waals surface area (Å²) in [5.74, 6) is -0.121. The lowest BCUT2D eigenvalue weighted by Crippen LogP contribution is -2.42. The second-order valence-electron chi connectivity index (χ2n) is 4.43. The number of amides is 1. The number of hydrogen-bond donors (Lipinski definition) is 0. The third-order valence-corrected chi connectivity index (χ3v) is 4.45. The van der Waals surface area contributed by atoms with Gasteiger partial charge in [0.2, 0.25) is 5.91 Å². The first-order valence-corrected chi connectivity index (χ1v) is 6.89. The molecule has 1 fully saturated rings. The molecule has 1 amide bonds. The number of benzene rings is 1. The van der Waals surface area contributed by atoms with E-state index in [1.807, 2.05) is 0 Å². The Hall–Kier alpha value is -1.36. The molecule has 0 saturated carbocycles. The van der Waals surface area contributed by atoms with E-state index in [0.717, 1.165) is 30.2 Å². The van der Waals surface area contributed by atoms with E-state index in [0.29, 0.717) is 6.42 Å². The van der Waals surface area contributed by atoms with E-state index in [9.17, 15) is 9.18 Å². The minimum atomic E-state index is -0.248. The zero-order valence-corrected chi connectivity index (χ0v) is 10.6. The predicted molar refractivity (Wildman–Crippen MR) is 70.0 cm³/mol. The standard InChI is InChI=1S/C13H13FN2OS/c14-10-4-2-9(3-5-10)11-8-12(17)16-7-1-6-15-13(16)18-11/h2-5,11H,1,6-8H2/t11-/m1/s1. The van der Waals surface area contributed by atoms with Crippen molar-refractivity contribution < 1.29 is 9.18 Å². The quantitative estimate of drug-likeness (QED) is 0.781. The maximum atomic E-state index is 12.9. The number of fused-ring (bicyclic) bond motifs is 1. The van der Waals surface area contributed by atoms with Gasteiger partial charge >= 0.3 is 0 Å². The van der Waals surface area contributed by atoms with Gasteiger partial charge in [-0.1, -0.05) is 23.9 Å². The molecule has 3 nitrogen and oxygen atoms in total. The van der Waals surface area contributed by atoms with Crippen molar-refractivity contribution in [2.24, 2.45) is 4.99 Å². The van der Waals surface area contributed by atoms with Crippen LogP contribution in [0.4, 0.5) is 4.39 Å². The van der Waals surface area contributed by atoms with Gasteiger partial charge in [-0.2, -0.15) is 0 Å². The summed E-state index contributed by atoms with van der Waals surface area (Å²) in [6.45, 7) is 1.57. The van der Waals surface area contributed by atoms with Crippen molar-refractivity contribution in [2.75, 3.05) is 13.1 Å². The fourth-order valence-electron chi connectivity index (χ4n) is 2.22. The third kappa shape index (κ3) is 2.14. The van der Waals surface area contributed by atoms with Crippen LogP contribution in [0.25, 0.3) is 0 Å². The van der Waals surface area contributed by atoms with Gasteiger partial charge < -0.3 is 0 Å². The lowest BCUT2D eigenvalue weighted by atomic mass is 10.1. The Morgan fingerprint density at radius 2 is 2.11 bits per heavy atom. The second kappa shape index (κ2) is 4.72. The summed E-state index contributed by atoms with van der Waals surface area (Å²) in [6.07, 6.45) is 1.41. The molecule has 0 bridgehead atoms. The van der Waals surface area contributed by atoms with E-state index in [1.165, 1.54) is 12.1 Å². The Kier molecular flexibility index (Phi) is 3.07. The molecule has 1 aromatic carbocycles. The lowest BCUT2D eigenvalue weighted by molar-refractivity contribution is -0.127. The first-order chi connectivity index (χ1) is 8.74. The van der Waals surface area contributed by atoms with Gasteiger partial charge in [0.05, 0.1) is 0 Å². The maximum Gasteiger partial charge on any atom is 0.230 e. The molecule has 2 aliphatic heterocycles. The van der Waals surface area contributed by atoms with Crippen LogP contribution in [-0.4, -0.2) is 29.1 Å². The van der Waals surface area contributed by atoms with Gasteiger partial charge in [0.15, 0.2) is 5.17 Å². The van der Waals surface area contributed by atoms with Crippen molar-refractivity contribution in [3.8, 4) is 0 Å². The van der Waals surface area contributed by atoms with Crippen LogP contribution in [0, 0.1) is 5.82 Å². The molecule has 1 aromatic rings. The summed E-state index contributed by atoms with van der Waals surface area (Å²) in [5, 5.41) is 0.887. The van der Waals surface area contributed by atoms with E-state index < -0.39 is 0 Å². The lowest BCUT2D eigenvalue weighted by Gasteiger charge is -2.34. The SMILES string of the molecule is O=C1C[C@H](c2ccc(F)cc2)SC2=NCCCN12. The van der Waals surface area contributed by atoms with Gasteiger partial charge in [-0.15, -0.1) is 0 Å². The Morgan fingerprint density at radius 3 is 2.89 bits per heavy atom. The largest absolute Gasteiger partial charge is 0.291 e. The molecule has 1 saturated heterocycles. The molecule has 18 heavy (non-hydrogen) atoms. The molecule has 1 atom stereocenters. The molecule has 0 aromatic heterocycles. The summed E-state index contributed by atoms with van der Waals surface area (Å²) < 4.78 is 12.9. The maximum absolute atomic E-state index is 12.9. The number of thioether (sulfide) groups is 1. The predicted octanol–water partition coefficient (Wildman–Crippen LogP) is 2.59. The number of nitrogens with zero attached hydrogens (tertiary/aromatic N) is 2. The fourth-order valence-corrected chi connectivity index (χ4v) is 3.48. The molecule has 5 heteroatoms. The fraction of sp³-hybridized carbons (Fsp3) is 0.385. The number of amidine groups is 1. The van der Waals surface area contributed by atoms with Crippen molar-refractivity contribution >= 4 is 22.8 Å². The Bertz CT molecular complexity index is 500. The van der Waals surface area contributed by atoms with Crippen LogP contribution in [0.5, 0.6) is 0 Å². The molecule has 0 N–H and O–H groups in total. The second-order valence-corrected chi connectivity index (χ2v) is 5.60. The Morgan fingerprint density at radius 1 is 1.33 bits per heavy atom. The third-order valence-electron chi connectivity index (χ3n) is 3.17. The van der Waals surface area contributed by atoms with Crippen LogP contribution in [0.1, 0.15) is 23.7 Å². The summed E-state index contributed by atoms with van der Waals surface area (Å²) >= 11 is 1.61. The number of halogens is 1. The number of rotatable bonds is 1. The number of carbonyl (C=O) groups excluding carboxylic acids is 1. The topological polar surface area (TPSA) is 32.7 Å². The summed E-state index contributed by atoms with van der Waals surface area (Å²) in [4.78, 5) is 18.2. The smallest absolute Gasteiger partial charge is 0.230 e. The minimum Gasteiger partial charge on any atom is -0.291 e. The average molecular weight is 264 g/mol. The highest BCUT2D eigenvalue weighted by Gasteiger charge is 2.33. The van der Waals surface area contributed by atoms with Crippen molar-refractivity contribution in [3.63, 3.8) is 0 Å².